The van der Waals surface area contributed by atoms with Crippen molar-refractivity contribution in [3.05, 3.63) is 42.7 Å². The molecule has 0 fully saturated rings. The van der Waals surface area contributed by atoms with E-state index in [9.17, 15) is 4.79 Å². The average molecular weight is 234 g/mol. The lowest BCUT2D eigenvalue weighted by Crippen LogP contribution is -2.47. The summed E-state index contributed by atoms with van der Waals surface area (Å²) in [6, 6.07) is 3.64. The van der Waals surface area contributed by atoms with Crippen LogP contribution >= 0.6 is 0 Å². The zero-order valence-corrected chi connectivity index (χ0v) is 10.3. The third-order valence-electron chi connectivity index (χ3n) is 2.52. The van der Waals surface area contributed by atoms with E-state index >= 15 is 0 Å². The molecular formula is C13H18N2O2. The Balaban J connectivity index is 3.01. The van der Waals surface area contributed by atoms with Gasteiger partial charge in [-0.2, -0.15) is 0 Å². The number of pyridine rings is 1. The van der Waals surface area contributed by atoms with Crippen molar-refractivity contribution < 1.29 is 9.53 Å². The SMILES string of the molecule is C=CCNC(C)(C(=O)OCC)c1cccnc1. The van der Waals surface area contributed by atoms with E-state index in [0.717, 1.165) is 5.56 Å². The minimum absolute atomic E-state index is 0.310. The number of carbonyl (C=O) groups is 1. The van der Waals surface area contributed by atoms with Gasteiger partial charge in [0.2, 0.25) is 0 Å². The molecule has 92 valence electrons. The van der Waals surface area contributed by atoms with E-state index in [1.807, 2.05) is 6.07 Å². The Bertz CT molecular complexity index is 378. The quantitative estimate of drug-likeness (QED) is 0.600. The van der Waals surface area contributed by atoms with E-state index in [2.05, 4.69) is 16.9 Å². The zero-order valence-electron chi connectivity index (χ0n) is 10.3. The molecule has 0 aliphatic carbocycles. The van der Waals surface area contributed by atoms with E-state index in [0.29, 0.717) is 13.2 Å². The molecule has 1 unspecified atom stereocenters. The molecule has 0 aliphatic rings. The standard InChI is InChI=1S/C13H18N2O2/c1-4-8-15-13(3,12(16)17-5-2)11-7-6-9-14-10-11/h4,6-7,9-10,15H,1,5,8H2,2-3H3. The first-order valence-electron chi connectivity index (χ1n) is 5.58. The molecule has 1 heterocycles. The number of hydrogen-bond donors (Lipinski definition) is 1. The van der Waals surface area contributed by atoms with Gasteiger partial charge in [0.25, 0.3) is 0 Å². The summed E-state index contributed by atoms with van der Waals surface area (Å²) in [5.74, 6) is -0.310. The minimum atomic E-state index is -0.890. The highest BCUT2D eigenvalue weighted by Crippen LogP contribution is 2.21. The molecule has 1 N–H and O–H groups in total. The second-order valence-corrected chi connectivity index (χ2v) is 3.76. The number of rotatable bonds is 6. The third kappa shape index (κ3) is 3.14. The number of hydrogen-bond acceptors (Lipinski definition) is 4. The van der Waals surface area contributed by atoms with Crippen molar-refractivity contribution in [3.8, 4) is 0 Å². The second-order valence-electron chi connectivity index (χ2n) is 3.76. The summed E-state index contributed by atoms with van der Waals surface area (Å²) in [5.41, 5.74) is -0.112. The second kappa shape index (κ2) is 6.15. The van der Waals surface area contributed by atoms with Crippen LogP contribution in [0.2, 0.25) is 0 Å². The van der Waals surface area contributed by atoms with Crippen molar-refractivity contribution in [2.45, 2.75) is 19.4 Å². The van der Waals surface area contributed by atoms with Gasteiger partial charge in [-0.05, 0) is 19.9 Å². The number of aromatic nitrogens is 1. The van der Waals surface area contributed by atoms with Gasteiger partial charge in [0.05, 0.1) is 6.61 Å². The Morgan fingerprint density at radius 2 is 2.47 bits per heavy atom. The summed E-state index contributed by atoms with van der Waals surface area (Å²) in [5, 5.41) is 3.11. The highest BCUT2D eigenvalue weighted by Gasteiger charge is 2.36. The predicted molar refractivity (Wildman–Crippen MR) is 66.4 cm³/mol. The number of ether oxygens (including phenoxy) is 1. The van der Waals surface area contributed by atoms with Crippen LogP contribution in [0.4, 0.5) is 0 Å². The maximum Gasteiger partial charge on any atom is 0.330 e. The van der Waals surface area contributed by atoms with Gasteiger partial charge in [0, 0.05) is 24.5 Å². The van der Waals surface area contributed by atoms with E-state index in [1.165, 1.54) is 0 Å². The lowest BCUT2D eigenvalue weighted by molar-refractivity contribution is -0.150. The fraction of sp³-hybridized carbons (Fsp3) is 0.385. The van der Waals surface area contributed by atoms with Crippen molar-refractivity contribution in [1.82, 2.24) is 10.3 Å². The van der Waals surface area contributed by atoms with Gasteiger partial charge in [0.15, 0.2) is 0 Å². The number of nitrogens with zero attached hydrogens (tertiary/aromatic N) is 1. The number of esters is 1. The van der Waals surface area contributed by atoms with Crippen LogP contribution in [0.15, 0.2) is 37.2 Å². The highest BCUT2D eigenvalue weighted by atomic mass is 16.5. The van der Waals surface area contributed by atoms with Crippen LogP contribution < -0.4 is 5.32 Å². The minimum Gasteiger partial charge on any atom is -0.464 e. The highest BCUT2D eigenvalue weighted by molar-refractivity contribution is 5.82. The monoisotopic (exact) mass is 234 g/mol. The first-order valence-corrected chi connectivity index (χ1v) is 5.58. The molecule has 0 saturated heterocycles. The topological polar surface area (TPSA) is 51.2 Å². The van der Waals surface area contributed by atoms with Crippen LogP contribution in [0.25, 0.3) is 0 Å². The summed E-state index contributed by atoms with van der Waals surface area (Å²) < 4.78 is 5.09. The van der Waals surface area contributed by atoms with Crippen LogP contribution in [0.1, 0.15) is 19.4 Å². The lowest BCUT2D eigenvalue weighted by atomic mass is 9.93. The average Bonchev–Trinajstić information content (AvgIpc) is 2.37. The van der Waals surface area contributed by atoms with Gasteiger partial charge >= 0.3 is 5.97 Å². The van der Waals surface area contributed by atoms with Crippen LogP contribution in [0.3, 0.4) is 0 Å². The van der Waals surface area contributed by atoms with Crippen LogP contribution in [-0.2, 0) is 15.1 Å². The van der Waals surface area contributed by atoms with E-state index in [-0.39, 0.29) is 5.97 Å². The van der Waals surface area contributed by atoms with Gasteiger partial charge in [-0.25, -0.2) is 4.79 Å². The van der Waals surface area contributed by atoms with Gasteiger partial charge in [-0.1, -0.05) is 12.1 Å². The van der Waals surface area contributed by atoms with Crippen molar-refractivity contribution >= 4 is 5.97 Å². The molecule has 1 atom stereocenters. The molecule has 0 amide bonds. The molecule has 4 heteroatoms. The summed E-state index contributed by atoms with van der Waals surface area (Å²) in [4.78, 5) is 16.1. The van der Waals surface area contributed by atoms with E-state index in [1.54, 1.807) is 38.4 Å². The normalized spacial score (nSPS) is 13.8. The van der Waals surface area contributed by atoms with Crippen molar-refractivity contribution in [3.63, 3.8) is 0 Å². The summed E-state index contributed by atoms with van der Waals surface area (Å²) in [7, 11) is 0. The zero-order chi connectivity index (χ0) is 12.7. The molecule has 17 heavy (non-hydrogen) atoms. The molecular weight excluding hydrogens is 216 g/mol. The first-order chi connectivity index (χ1) is 8.15. The summed E-state index contributed by atoms with van der Waals surface area (Å²) in [6.07, 6.45) is 5.03. The van der Waals surface area contributed by atoms with Crippen molar-refractivity contribution in [2.75, 3.05) is 13.2 Å². The molecule has 0 bridgehead atoms. The van der Waals surface area contributed by atoms with Crippen LogP contribution in [0, 0.1) is 0 Å². The molecule has 0 aromatic carbocycles. The predicted octanol–water partition coefficient (Wildman–Crippen LogP) is 1.64. The lowest BCUT2D eigenvalue weighted by Gasteiger charge is -2.28. The molecule has 0 aliphatic heterocycles. The van der Waals surface area contributed by atoms with Gasteiger partial charge < -0.3 is 4.74 Å². The smallest absolute Gasteiger partial charge is 0.330 e. The van der Waals surface area contributed by atoms with Crippen LogP contribution in [-0.4, -0.2) is 24.1 Å². The fourth-order valence-corrected chi connectivity index (χ4v) is 1.50. The fourth-order valence-electron chi connectivity index (χ4n) is 1.50. The molecule has 4 nitrogen and oxygen atoms in total. The van der Waals surface area contributed by atoms with Crippen molar-refractivity contribution in [2.24, 2.45) is 0 Å². The summed E-state index contributed by atoms with van der Waals surface area (Å²) >= 11 is 0. The van der Waals surface area contributed by atoms with Crippen molar-refractivity contribution in [1.29, 1.82) is 0 Å². The van der Waals surface area contributed by atoms with Crippen LogP contribution in [0.5, 0.6) is 0 Å². The summed E-state index contributed by atoms with van der Waals surface area (Å²) in [6.45, 7) is 8.07. The molecule has 0 saturated carbocycles. The maximum atomic E-state index is 12.0. The Morgan fingerprint density at radius 1 is 1.71 bits per heavy atom. The van der Waals surface area contributed by atoms with Gasteiger partial charge in [-0.3, -0.25) is 10.3 Å². The van der Waals surface area contributed by atoms with Gasteiger partial charge in [-0.15, -0.1) is 6.58 Å². The van der Waals surface area contributed by atoms with E-state index in [4.69, 9.17) is 4.74 Å². The number of nitrogens with one attached hydrogen (secondary N) is 1. The Morgan fingerprint density at radius 3 is 3.00 bits per heavy atom. The number of carbonyl (C=O) groups excluding carboxylic acids is 1. The Labute approximate surface area is 102 Å². The third-order valence-corrected chi connectivity index (χ3v) is 2.52. The molecule has 0 spiro atoms. The maximum absolute atomic E-state index is 12.0. The molecule has 1 aromatic rings. The first kappa shape index (κ1) is 13.4. The molecule has 0 radical (unpaired) electrons. The molecule has 1 rings (SSSR count). The largest absolute Gasteiger partial charge is 0.464 e. The molecule has 1 aromatic heterocycles. The van der Waals surface area contributed by atoms with E-state index < -0.39 is 5.54 Å². The Kier molecular flexibility index (Phi) is 4.84. The van der Waals surface area contributed by atoms with Gasteiger partial charge in [0.1, 0.15) is 5.54 Å². The Hall–Kier alpha value is -1.68.